The van der Waals surface area contributed by atoms with Crippen LogP contribution in [-0.2, 0) is 0 Å². The minimum atomic E-state index is -0.616. The fourth-order valence-corrected chi connectivity index (χ4v) is 3.86. The van der Waals surface area contributed by atoms with Crippen molar-refractivity contribution in [2.75, 3.05) is 12.4 Å². The molecule has 3 aromatic carbocycles. The minimum Gasteiger partial charge on any atom is -0.490 e. The van der Waals surface area contributed by atoms with Gasteiger partial charge in [-0.15, -0.1) is 0 Å². The second-order valence-electron chi connectivity index (χ2n) is 8.19. The number of ether oxygens (including phenoxy) is 1. The first-order valence-electron chi connectivity index (χ1n) is 11.2. The Morgan fingerprint density at radius 2 is 2.00 bits per heavy atom. The van der Waals surface area contributed by atoms with E-state index in [1.54, 1.807) is 12.1 Å². The highest BCUT2D eigenvalue weighted by molar-refractivity contribution is 7.80. The van der Waals surface area contributed by atoms with Crippen molar-refractivity contribution in [1.82, 2.24) is 10.3 Å². The van der Waals surface area contributed by atoms with Crippen molar-refractivity contribution in [3.05, 3.63) is 81.9 Å². The van der Waals surface area contributed by atoms with Gasteiger partial charge < -0.3 is 14.5 Å². The molecule has 4 rings (SSSR count). The molecular formula is C26H24N4O5S. The molecule has 0 bridgehead atoms. The van der Waals surface area contributed by atoms with Gasteiger partial charge in [-0.25, -0.2) is 4.98 Å². The molecule has 1 amide bonds. The summed E-state index contributed by atoms with van der Waals surface area (Å²) in [5.41, 5.74) is 3.81. The monoisotopic (exact) mass is 504 g/mol. The Morgan fingerprint density at radius 1 is 1.19 bits per heavy atom. The summed E-state index contributed by atoms with van der Waals surface area (Å²) in [7, 11) is 1.32. The maximum absolute atomic E-state index is 12.6. The third kappa shape index (κ3) is 5.33. The van der Waals surface area contributed by atoms with Crippen LogP contribution in [0.3, 0.4) is 0 Å². The molecule has 0 fully saturated rings. The van der Waals surface area contributed by atoms with Gasteiger partial charge in [0.2, 0.25) is 5.89 Å². The Kier molecular flexibility index (Phi) is 7.25. The number of benzene rings is 3. The van der Waals surface area contributed by atoms with Crippen LogP contribution in [0.25, 0.3) is 22.6 Å². The van der Waals surface area contributed by atoms with Gasteiger partial charge in [-0.1, -0.05) is 26.0 Å². The number of carbonyl (C=O) groups excluding carboxylic acids is 1. The number of thiocarbonyl (C=S) groups is 1. The van der Waals surface area contributed by atoms with Gasteiger partial charge in [0.05, 0.1) is 12.0 Å². The average Bonchev–Trinajstić information content (AvgIpc) is 3.31. The van der Waals surface area contributed by atoms with Gasteiger partial charge in [0.15, 0.2) is 16.4 Å². The van der Waals surface area contributed by atoms with E-state index in [1.165, 1.54) is 24.8 Å². The Labute approximate surface area is 212 Å². The van der Waals surface area contributed by atoms with E-state index in [0.29, 0.717) is 23.1 Å². The lowest BCUT2D eigenvalue weighted by atomic mass is 9.98. The summed E-state index contributed by atoms with van der Waals surface area (Å²) < 4.78 is 10.9. The number of anilines is 1. The van der Waals surface area contributed by atoms with Crippen molar-refractivity contribution in [3.63, 3.8) is 0 Å². The fourth-order valence-electron chi connectivity index (χ4n) is 3.65. The molecule has 184 valence electrons. The smallest absolute Gasteiger partial charge is 0.311 e. The topological polar surface area (TPSA) is 120 Å². The van der Waals surface area contributed by atoms with Crippen LogP contribution in [0.15, 0.2) is 65.1 Å². The number of nitro groups is 1. The standard InChI is InChI=1S/C26H24N4O5S/c1-4-15(2)16-8-10-22-20(13-16)28-25(35-22)18-6-5-7-19(12-18)27-26(36)29-24(31)17-9-11-23(34-3)21(14-17)30(32)33/h5-15H,4H2,1-3H3,(H2,27,29,31,36)/t15-/m0/s1. The largest absolute Gasteiger partial charge is 0.490 e. The highest BCUT2D eigenvalue weighted by Crippen LogP contribution is 2.29. The van der Waals surface area contributed by atoms with Crippen molar-refractivity contribution in [2.24, 2.45) is 0 Å². The third-order valence-corrected chi connectivity index (χ3v) is 6.03. The SMILES string of the molecule is CC[C@H](C)c1ccc2oc(-c3cccc(NC(=S)NC(=O)c4ccc(OC)c([N+](=O)[O-])c4)c3)nc2c1. The van der Waals surface area contributed by atoms with Crippen molar-refractivity contribution >= 4 is 45.7 Å². The van der Waals surface area contributed by atoms with Crippen LogP contribution in [0.1, 0.15) is 42.1 Å². The molecule has 1 aromatic heterocycles. The van der Waals surface area contributed by atoms with Gasteiger partial charge in [-0.2, -0.15) is 0 Å². The molecule has 0 aliphatic rings. The number of hydrogen-bond donors (Lipinski definition) is 2. The van der Waals surface area contributed by atoms with E-state index in [-0.39, 0.29) is 22.1 Å². The first-order chi connectivity index (χ1) is 17.3. The van der Waals surface area contributed by atoms with Gasteiger partial charge in [0, 0.05) is 22.9 Å². The number of nitro benzene ring substituents is 1. The molecule has 2 N–H and O–H groups in total. The molecule has 0 saturated heterocycles. The minimum absolute atomic E-state index is 0.0337. The molecule has 0 aliphatic heterocycles. The van der Waals surface area contributed by atoms with E-state index in [0.717, 1.165) is 23.6 Å². The number of fused-ring (bicyclic) bond motifs is 1. The lowest BCUT2D eigenvalue weighted by Crippen LogP contribution is -2.34. The molecule has 0 saturated carbocycles. The molecule has 10 heteroatoms. The molecule has 0 unspecified atom stereocenters. The Bertz CT molecular complexity index is 1470. The molecule has 0 spiro atoms. The maximum atomic E-state index is 12.6. The van der Waals surface area contributed by atoms with Gasteiger partial charge >= 0.3 is 5.69 Å². The number of amides is 1. The number of aromatic nitrogens is 1. The van der Waals surface area contributed by atoms with E-state index in [9.17, 15) is 14.9 Å². The number of nitrogens with zero attached hydrogens (tertiary/aromatic N) is 2. The summed E-state index contributed by atoms with van der Waals surface area (Å²) in [6, 6.07) is 17.2. The summed E-state index contributed by atoms with van der Waals surface area (Å²) in [5, 5.41) is 16.7. The Balaban J connectivity index is 1.48. The predicted molar refractivity (Wildman–Crippen MR) is 141 cm³/mol. The molecule has 1 atom stereocenters. The first kappa shape index (κ1) is 24.8. The van der Waals surface area contributed by atoms with Crippen LogP contribution in [0.2, 0.25) is 0 Å². The highest BCUT2D eigenvalue weighted by atomic mass is 32.1. The van der Waals surface area contributed by atoms with Crippen molar-refractivity contribution in [1.29, 1.82) is 0 Å². The van der Waals surface area contributed by atoms with Gasteiger partial charge in [0.1, 0.15) is 5.52 Å². The van der Waals surface area contributed by atoms with E-state index < -0.39 is 10.8 Å². The molecule has 0 radical (unpaired) electrons. The van der Waals surface area contributed by atoms with Crippen LogP contribution in [-0.4, -0.2) is 28.0 Å². The Hall–Kier alpha value is -4.31. The first-order valence-corrected chi connectivity index (χ1v) is 11.7. The molecular weight excluding hydrogens is 480 g/mol. The summed E-state index contributed by atoms with van der Waals surface area (Å²) in [6.45, 7) is 4.32. The summed E-state index contributed by atoms with van der Waals surface area (Å²) >= 11 is 5.27. The van der Waals surface area contributed by atoms with Gasteiger partial charge in [-0.3, -0.25) is 20.2 Å². The fraction of sp³-hybridized carbons (Fsp3) is 0.192. The van der Waals surface area contributed by atoms with Crippen LogP contribution in [0, 0.1) is 10.1 Å². The van der Waals surface area contributed by atoms with Crippen LogP contribution < -0.4 is 15.4 Å². The molecule has 36 heavy (non-hydrogen) atoms. The van der Waals surface area contributed by atoms with E-state index in [1.807, 2.05) is 24.3 Å². The van der Waals surface area contributed by atoms with E-state index in [4.69, 9.17) is 21.4 Å². The summed E-state index contributed by atoms with van der Waals surface area (Å²) in [6.07, 6.45) is 1.04. The number of rotatable bonds is 7. The maximum Gasteiger partial charge on any atom is 0.311 e. The number of carbonyl (C=O) groups is 1. The van der Waals surface area contributed by atoms with E-state index >= 15 is 0 Å². The second-order valence-corrected chi connectivity index (χ2v) is 8.60. The van der Waals surface area contributed by atoms with Crippen LogP contribution in [0.5, 0.6) is 5.75 Å². The number of oxazole rings is 1. The highest BCUT2D eigenvalue weighted by Gasteiger charge is 2.19. The van der Waals surface area contributed by atoms with E-state index in [2.05, 4.69) is 35.5 Å². The zero-order chi connectivity index (χ0) is 25.8. The zero-order valence-electron chi connectivity index (χ0n) is 19.9. The van der Waals surface area contributed by atoms with Crippen molar-refractivity contribution in [3.8, 4) is 17.2 Å². The van der Waals surface area contributed by atoms with Gasteiger partial charge in [-0.05, 0) is 72.6 Å². The molecule has 9 nitrogen and oxygen atoms in total. The van der Waals surface area contributed by atoms with Crippen LogP contribution >= 0.6 is 12.2 Å². The van der Waals surface area contributed by atoms with Crippen molar-refractivity contribution < 1.29 is 18.9 Å². The Morgan fingerprint density at radius 3 is 2.72 bits per heavy atom. The quantitative estimate of drug-likeness (QED) is 0.177. The third-order valence-electron chi connectivity index (χ3n) is 5.83. The molecule has 0 aliphatic carbocycles. The van der Waals surface area contributed by atoms with Crippen molar-refractivity contribution in [2.45, 2.75) is 26.2 Å². The molecule has 4 aromatic rings. The second kappa shape index (κ2) is 10.5. The molecule has 1 heterocycles. The summed E-state index contributed by atoms with van der Waals surface area (Å²) in [4.78, 5) is 27.8. The lowest BCUT2D eigenvalue weighted by molar-refractivity contribution is -0.385. The van der Waals surface area contributed by atoms with Crippen LogP contribution in [0.4, 0.5) is 11.4 Å². The predicted octanol–water partition coefficient (Wildman–Crippen LogP) is 6.05. The average molecular weight is 505 g/mol. The summed E-state index contributed by atoms with van der Waals surface area (Å²) in [5.74, 6) is 0.368. The number of methoxy groups -OCH3 is 1. The van der Waals surface area contributed by atoms with Gasteiger partial charge in [0.25, 0.3) is 5.91 Å². The normalized spacial score (nSPS) is 11.6. The lowest BCUT2D eigenvalue weighted by Gasteiger charge is -2.10. The number of hydrogen-bond acceptors (Lipinski definition) is 7. The zero-order valence-corrected chi connectivity index (χ0v) is 20.7. The number of nitrogens with one attached hydrogen (secondary N) is 2.